The Balaban J connectivity index is 1.53. The third-order valence-corrected chi connectivity index (χ3v) is 11.0. The van der Waals surface area contributed by atoms with Gasteiger partial charge in [-0.2, -0.15) is 0 Å². The number of hydrogen-bond acceptors (Lipinski definition) is 10. The number of hydrogen-bond donors (Lipinski definition) is 2. The Kier molecular flexibility index (Phi) is 7.24. The van der Waals surface area contributed by atoms with Crippen LogP contribution >= 0.6 is 11.3 Å². The van der Waals surface area contributed by atoms with E-state index in [-0.39, 0.29) is 21.7 Å². The first-order valence-corrected chi connectivity index (χ1v) is 16.2. The van der Waals surface area contributed by atoms with Crippen LogP contribution in [0, 0.1) is 0 Å². The highest BCUT2D eigenvalue weighted by molar-refractivity contribution is 7.89. The Morgan fingerprint density at radius 3 is 2.51 bits per heavy atom. The highest BCUT2D eigenvalue weighted by Gasteiger charge is 2.42. The summed E-state index contributed by atoms with van der Waals surface area (Å²) in [5, 5.41) is 16.0. The Bertz CT molecular complexity index is 1550. The minimum atomic E-state index is -3.89. The number of anilines is 1. The predicted octanol–water partition coefficient (Wildman–Crippen LogP) is 3.31. The molecule has 11 nitrogen and oxygen atoms in total. The summed E-state index contributed by atoms with van der Waals surface area (Å²) in [7, 11) is -1.79. The summed E-state index contributed by atoms with van der Waals surface area (Å²) in [6, 6.07) is 3.22. The van der Waals surface area contributed by atoms with E-state index in [2.05, 4.69) is 50.9 Å². The van der Waals surface area contributed by atoms with E-state index >= 15 is 0 Å². The number of nitrogens with zero attached hydrogens (tertiary/aromatic N) is 6. The summed E-state index contributed by atoms with van der Waals surface area (Å²) in [4.78, 5) is 4.50. The molecule has 0 spiro atoms. The van der Waals surface area contributed by atoms with Gasteiger partial charge in [0.05, 0.1) is 21.5 Å². The summed E-state index contributed by atoms with van der Waals surface area (Å²) in [5.41, 5.74) is 0.544. The van der Waals surface area contributed by atoms with Crippen LogP contribution in [0.5, 0.6) is 5.88 Å². The minimum Gasteiger partial charge on any atom is -0.473 e. The maximum atomic E-state index is 13.6. The Labute approximate surface area is 242 Å². The Morgan fingerprint density at radius 1 is 1.15 bits per heavy atom. The highest BCUT2D eigenvalue weighted by atomic mass is 32.2. The SMILES string of the molecule is CN1CCC(Oc2nn(-c3nnc(C(F)F)s3)c3cc(S(=O)(=O)NC4(C)CC4)cc(N4CCNCC4)c23)CC1(C)C. The quantitative estimate of drug-likeness (QED) is 0.396. The van der Waals surface area contributed by atoms with E-state index in [0.29, 0.717) is 35.6 Å². The molecule has 2 aromatic heterocycles. The Morgan fingerprint density at radius 2 is 1.88 bits per heavy atom. The van der Waals surface area contributed by atoms with Crippen LogP contribution in [0.3, 0.4) is 0 Å². The van der Waals surface area contributed by atoms with Gasteiger partial charge in [0, 0.05) is 50.2 Å². The molecule has 6 rings (SSSR count). The van der Waals surface area contributed by atoms with Crippen molar-refractivity contribution in [3.8, 4) is 11.0 Å². The summed E-state index contributed by atoms with van der Waals surface area (Å²) >= 11 is 0.721. The number of sulfonamides is 1. The smallest absolute Gasteiger partial charge is 0.291 e. The van der Waals surface area contributed by atoms with Crippen molar-refractivity contribution in [3.05, 3.63) is 17.1 Å². The second-order valence-electron chi connectivity index (χ2n) is 12.1. The number of benzene rings is 1. The second-order valence-corrected chi connectivity index (χ2v) is 14.8. The number of ether oxygens (including phenoxy) is 1. The van der Waals surface area contributed by atoms with Crippen LogP contribution in [0.1, 0.15) is 57.9 Å². The molecule has 2 saturated heterocycles. The minimum absolute atomic E-state index is 0.0818. The molecule has 1 unspecified atom stereocenters. The molecule has 3 aromatic rings. The van der Waals surface area contributed by atoms with Crippen LogP contribution in [0.2, 0.25) is 0 Å². The summed E-state index contributed by atoms with van der Waals surface area (Å²) in [6.07, 6.45) is 0.183. The first kappa shape index (κ1) is 28.6. The van der Waals surface area contributed by atoms with E-state index in [4.69, 9.17) is 9.84 Å². The zero-order chi connectivity index (χ0) is 29.2. The third kappa shape index (κ3) is 5.66. The molecule has 1 aliphatic carbocycles. The van der Waals surface area contributed by atoms with Gasteiger partial charge in [-0.15, -0.1) is 15.3 Å². The van der Waals surface area contributed by atoms with Gasteiger partial charge >= 0.3 is 0 Å². The average molecular weight is 611 g/mol. The molecule has 15 heteroatoms. The van der Waals surface area contributed by atoms with Crippen LogP contribution < -0.4 is 19.7 Å². The van der Waals surface area contributed by atoms with Crippen molar-refractivity contribution in [2.24, 2.45) is 0 Å². The first-order valence-electron chi connectivity index (χ1n) is 13.9. The largest absolute Gasteiger partial charge is 0.473 e. The van der Waals surface area contributed by atoms with E-state index < -0.39 is 27.0 Å². The van der Waals surface area contributed by atoms with Crippen molar-refractivity contribution in [3.63, 3.8) is 0 Å². The standard InChI is InChI=1S/C26H36F2N8O3S2/c1-25(2)15-16(5-10-34(25)4)39-22-20-18(35-11-8-29-9-12-35)13-17(41(37,38)33-26(3)6-7-26)14-19(20)36(32-22)24-31-30-23(40-24)21(27)28/h13-14,16,21,29,33H,5-12,15H2,1-4H3. The van der Waals surface area contributed by atoms with Gasteiger partial charge in [0.2, 0.25) is 21.0 Å². The molecule has 1 saturated carbocycles. The average Bonchev–Trinajstić information content (AvgIpc) is 3.29. The molecule has 4 heterocycles. The lowest BCUT2D eigenvalue weighted by Crippen LogP contribution is -2.50. The fourth-order valence-corrected chi connectivity index (χ4v) is 7.66. The molecule has 1 aromatic carbocycles. The van der Waals surface area contributed by atoms with Crippen LogP contribution in [0.4, 0.5) is 14.5 Å². The van der Waals surface area contributed by atoms with E-state index in [9.17, 15) is 17.2 Å². The Hall–Kier alpha value is -2.46. The molecule has 224 valence electrons. The molecule has 41 heavy (non-hydrogen) atoms. The topological polar surface area (TPSA) is 118 Å². The predicted molar refractivity (Wildman–Crippen MR) is 153 cm³/mol. The lowest BCUT2D eigenvalue weighted by molar-refractivity contribution is 0.0245. The number of likely N-dealkylation sites (tertiary alicyclic amines) is 1. The molecule has 1 atom stereocenters. The normalized spacial score (nSPS) is 22.9. The van der Waals surface area contributed by atoms with Gasteiger partial charge in [0.25, 0.3) is 6.43 Å². The number of piperidine rings is 1. The fraction of sp³-hybridized carbons (Fsp3) is 0.654. The highest BCUT2D eigenvalue weighted by Crippen LogP contribution is 2.42. The molecule has 2 aliphatic heterocycles. The monoisotopic (exact) mass is 610 g/mol. The maximum absolute atomic E-state index is 13.6. The van der Waals surface area contributed by atoms with E-state index in [1.165, 1.54) is 10.7 Å². The summed E-state index contributed by atoms with van der Waals surface area (Å²) < 4.78 is 65.0. The first-order chi connectivity index (χ1) is 19.4. The summed E-state index contributed by atoms with van der Waals surface area (Å²) in [5.74, 6) is 0.332. The van der Waals surface area contributed by atoms with Crippen LogP contribution in [-0.4, -0.2) is 90.2 Å². The molecule has 0 bridgehead atoms. The van der Waals surface area contributed by atoms with Crippen LogP contribution in [0.25, 0.3) is 16.0 Å². The summed E-state index contributed by atoms with van der Waals surface area (Å²) in [6.45, 7) is 9.85. The molecule has 0 amide bonds. The van der Waals surface area contributed by atoms with Crippen LogP contribution in [-0.2, 0) is 10.0 Å². The van der Waals surface area contributed by atoms with Crippen molar-refractivity contribution in [1.82, 2.24) is 34.9 Å². The molecule has 0 radical (unpaired) electrons. The maximum Gasteiger partial charge on any atom is 0.291 e. The molecular weight excluding hydrogens is 574 g/mol. The molecule has 3 fully saturated rings. The van der Waals surface area contributed by atoms with Crippen molar-refractivity contribution < 1.29 is 21.9 Å². The molecule has 3 aliphatic rings. The van der Waals surface area contributed by atoms with Gasteiger partial charge in [-0.3, -0.25) is 0 Å². The van der Waals surface area contributed by atoms with Gasteiger partial charge in [0.15, 0.2) is 5.01 Å². The van der Waals surface area contributed by atoms with E-state index in [1.807, 2.05) is 6.92 Å². The number of halogens is 2. The number of piperazine rings is 1. The zero-order valence-electron chi connectivity index (χ0n) is 23.7. The van der Waals surface area contributed by atoms with E-state index in [1.54, 1.807) is 6.07 Å². The number of fused-ring (bicyclic) bond motifs is 1. The zero-order valence-corrected chi connectivity index (χ0v) is 25.3. The third-order valence-electron chi connectivity index (χ3n) is 8.48. The van der Waals surface area contributed by atoms with Crippen molar-refractivity contribution in [2.45, 2.75) is 75.0 Å². The van der Waals surface area contributed by atoms with Gasteiger partial charge in [0.1, 0.15) is 6.10 Å². The van der Waals surface area contributed by atoms with Crippen LogP contribution in [0.15, 0.2) is 17.0 Å². The van der Waals surface area contributed by atoms with Crippen molar-refractivity contribution >= 4 is 38.0 Å². The van der Waals surface area contributed by atoms with Crippen molar-refractivity contribution in [2.75, 3.05) is 44.7 Å². The lowest BCUT2D eigenvalue weighted by Gasteiger charge is -2.43. The molecule has 2 N–H and O–H groups in total. The molecular formula is C26H36F2N8O3S2. The number of aromatic nitrogens is 4. The number of alkyl halides is 2. The second kappa shape index (κ2) is 10.4. The number of rotatable bonds is 8. The van der Waals surface area contributed by atoms with Gasteiger partial charge < -0.3 is 19.9 Å². The van der Waals surface area contributed by atoms with E-state index in [0.717, 1.165) is 56.7 Å². The lowest BCUT2D eigenvalue weighted by atomic mass is 9.89. The van der Waals surface area contributed by atoms with Gasteiger partial charge in [-0.05, 0) is 59.2 Å². The fourth-order valence-electron chi connectivity index (χ4n) is 5.49. The number of nitrogens with one attached hydrogen (secondary N) is 2. The van der Waals surface area contributed by atoms with Crippen molar-refractivity contribution in [1.29, 1.82) is 0 Å². The van der Waals surface area contributed by atoms with Gasteiger partial charge in [-0.1, -0.05) is 11.3 Å². The van der Waals surface area contributed by atoms with Gasteiger partial charge in [-0.25, -0.2) is 26.6 Å².